The third-order valence-corrected chi connectivity index (χ3v) is 7.78. The Morgan fingerprint density at radius 1 is 0.525 bits per heavy atom. The van der Waals surface area contributed by atoms with Crippen molar-refractivity contribution in [2.24, 2.45) is 0 Å². The Morgan fingerprint density at radius 2 is 0.850 bits per heavy atom. The quantitative estimate of drug-likeness (QED) is 0.199. The van der Waals surface area contributed by atoms with Gasteiger partial charge in [-0.1, -0.05) is 39.8 Å². The van der Waals surface area contributed by atoms with E-state index >= 15 is 0 Å². The van der Waals surface area contributed by atoms with Gasteiger partial charge in [0.1, 0.15) is 0 Å². The average molecular weight is 543 g/mol. The van der Waals surface area contributed by atoms with E-state index in [0.717, 1.165) is 67.5 Å². The van der Waals surface area contributed by atoms with Crippen LogP contribution in [0.4, 0.5) is 0 Å². The molecule has 0 saturated carbocycles. The molecule has 0 spiro atoms. The van der Waals surface area contributed by atoms with Crippen LogP contribution in [0.15, 0.2) is 24.3 Å². The molecule has 0 heterocycles. The first-order chi connectivity index (χ1) is 19.1. The molecule has 0 unspecified atom stereocenters. The van der Waals surface area contributed by atoms with Gasteiger partial charge < -0.3 is 18.9 Å². The Balaban J connectivity index is 2.18. The van der Waals surface area contributed by atoms with Gasteiger partial charge in [-0.15, -0.1) is 0 Å². The van der Waals surface area contributed by atoms with Crippen LogP contribution < -0.4 is 18.9 Å². The number of aryl methyl sites for hydroxylation is 2. The van der Waals surface area contributed by atoms with E-state index in [0.29, 0.717) is 34.1 Å². The first kappa shape index (κ1) is 28.9. The molecule has 0 radical (unpaired) electrons. The minimum Gasteiger partial charge on any atom is -0.493 e. The molecule has 4 aromatic carbocycles. The first-order valence-electron chi connectivity index (χ1n) is 13.4. The van der Waals surface area contributed by atoms with Crippen LogP contribution in [-0.4, -0.2) is 41.0 Å². The molecule has 0 aliphatic rings. The van der Waals surface area contributed by atoms with Crippen LogP contribution in [0.2, 0.25) is 0 Å². The number of ether oxygens (including phenoxy) is 4. The van der Waals surface area contributed by atoms with E-state index in [4.69, 9.17) is 18.9 Å². The third-order valence-electron chi connectivity index (χ3n) is 7.78. The maximum Gasteiger partial charge on any atom is 0.172 e. The smallest absolute Gasteiger partial charge is 0.172 e. The molecule has 0 N–H and O–H groups in total. The maximum absolute atomic E-state index is 12.4. The fourth-order valence-electron chi connectivity index (χ4n) is 6.06. The van der Waals surface area contributed by atoms with Crippen molar-refractivity contribution in [1.29, 1.82) is 0 Å². The van der Waals surface area contributed by atoms with E-state index in [-0.39, 0.29) is 11.8 Å². The van der Waals surface area contributed by atoms with E-state index in [9.17, 15) is 9.59 Å². The highest BCUT2D eigenvalue weighted by Crippen LogP contribution is 2.48. The lowest BCUT2D eigenvalue weighted by molar-refractivity contribution is 0.111. The summed E-state index contributed by atoms with van der Waals surface area (Å²) >= 11 is 0. The molecule has 0 aliphatic carbocycles. The summed E-state index contributed by atoms with van der Waals surface area (Å²) in [7, 11) is 6.31. The molecule has 0 saturated heterocycles. The molecule has 0 aromatic heterocycles. The van der Waals surface area contributed by atoms with Gasteiger partial charge in [-0.3, -0.25) is 9.59 Å². The van der Waals surface area contributed by atoms with Crippen molar-refractivity contribution in [2.75, 3.05) is 28.4 Å². The van der Waals surface area contributed by atoms with Gasteiger partial charge in [0.05, 0.1) is 39.6 Å². The van der Waals surface area contributed by atoms with Gasteiger partial charge in [0.25, 0.3) is 0 Å². The minimum absolute atomic E-state index is 0.131. The molecule has 0 aliphatic heterocycles. The lowest BCUT2D eigenvalue weighted by Gasteiger charge is -2.23. The summed E-state index contributed by atoms with van der Waals surface area (Å²) < 4.78 is 22.9. The first-order valence-corrected chi connectivity index (χ1v) is 13.4. The summed E-state index contributed by atoms with van der Waals surface area (Å²) in [5, 5.41) is 3.50. The number of hydrogen-bond acceptors (Lipinski definition) is 6. The molecular formula is C34H38O6. The van der Waals surface area contributed by atoms with Crippen LogP contribution >= 0.6 is 0 Å². The van der Waals surface area contributed by atoms with Crippen molar-refractivity contribution >= 4 is 34.1 Å². The maximum atomic E-state index is 12.4. The fraction of sp³-hybridized carbons (Fsp3) is 0.353. The number of benzene rings is 4. The van der Waals surface area contributed by atoms with Gasteiger partial charge in [0.15, 0.2) is 35.6 Å². The molecule has 210 valence electrons. The number of rotatable bonds is 9. The summed E-state index contributed by atoms with van der Waals surface area (Å²) in [6, 6.07) is 8.35. The second-order valence-corrected chi connectivity index (χ2v) is 10.8. The molecule has 40 heavy (non-hydrogen) atoms. The SMILES string of the molecule is COc1c(OC)c(C(C)C)c2cc(C)c(-c3cc4c(C=O)c(OC)c(OC)c(C(C)C)c4cc3C)cc2c1C=O. The van der Waals surface area contributed by atoms with Crippen LogP contribution in [0.5, 0.6) is 23.0 Å². The van der Waals surface area contributed by atoms with E-state index in [1.165, 1.54) is 0 Å². The highest BCUT2D eigenvalue weighted by atomic mass is 16.5. The molecule has 0 fully saturated rings. The van der Waals surface area contributed by atoms with E-state index < -0.39 is 0 Å². The van der Waals surface area contributed by atoms with Gasteiger partial charge >= 0.3 is 0 Å². The Hall–Kier alpha value is -4.06. The average Bonchev–Trinajstić information content (AvgIpc) is 2.93. The number of carbonyl (C=O) groups excluding carboxylic acids is 2. The second-order valence-electron chi connectivity index (χ2n) is 10.8. The largest absolute Gasteiger partial charge is 0.493 e. The van der Waals surface area contributed by atoms with E-state index in [1.807, 2.05) is 0 Å². The molecule has 0 atom stereocenters. The number of fused-ring (bicyclic) bond motifs is 2. The Kier molecular flexibility index (Phi) is 8.10. The zero-order valence-corrected chi connectivity index (χ0v) is 25.1. The van der Waals surface area contributed by atoms with Crippen molar-refractivity contribution in [3.8, 4) is 34.1 Å². The standard InChI is InChI=1S/C34H38O6/c1-17(2)29-25-11-19(5)21(13-23(25)27(15-35)31(37-7)33(29)39-9)22-14-24-26(12-20(22)6)30(18(3)4)34(40-10)32(38-8)28(24)16-36/h11-18H,1-10H3. The Labute approximate surface area is 236 Å². The van der Waals surface area contributed by atoms with E-state index in [2.05, 4.69) is 65.8 Å². The monoisotopic (exact) mass is 542 g/mol. The third kappa shape index (κ3) is 4.36. The van der Waals surface area contributed by atoms with Crippen LogP contribution in [0.1, 0.15) is 82.5 Å². The predicted molar refractivity (Wildman–Crippen MR) is 162 cm³/mol. The Bertz CT molecular complexity index is 1520. The predicted octanol–water partition coefficient (Wildman–Crippen LogP) is 8.18. The summed E-state index contributed by atoms with van der Waals surface area (Å²) in [4.78, 5) is 24.9. The van der Waals surface area contributed by atoms with Gasteiger partial charge in [0.2, 0.25) is 0 Å². The number of aldehydes is 2. The lowest BCUT2D eigenvalue weighted by atomic mass is 9.84. The van der Waals surface area contributed by atoms with Crippen LogP contribution in [0.25, 0.3) is 32.7 Å². The van der Waals surface area contributed by atoms with Gasteiger partial charge in [0, 0.05) is 11.1 Å². The Morgan fingerprint density at radius 3 is 1.10 bits per heavy atom. The van der Waals surface area contributed by atoms with E-state index in [1.54, 1.807) is 28.4 Å². The number of methoxy groups -OCH3 is 4. The van der Waals surface area contributed by atoms with Crippen LogP contribution in [0, 0.1) is 13.8 Å². The lowest BCUT2D eigenvalue weighted by Crippen LogP contribution is -2.05. The van der Waals surface area contributed by atoms with Crippen molar-refractivity contribution in [1.82, 2.24) is 0 Å². The van der Waals surface area contributed by atoms with Gasteiger partial charge in [-0.2, -0.15) is 0 Å². The summed E-state index contributed by atoms with van der Waals surface area (Å²) in [5.41, 5.74) is 6.89. The zero-order valence-electron chi connectivity index (χ0n) is 25.1. The van der Waals surface area contributed by atoms with Gasteiger partial charge in [-0.05, 0) is 81.6 Å². The topological polar surface area (TPSA) is 71.1 Å². The molecular weight excluding hydrogens is 504 g/mol. The fourth-order valence-corrected chi connectivity index (χ4v) is 6.06. The molecule has 4 rings (SSSR count). The number of hydrogen-bond donors (Lipinski definition) is 0. The van der Waals surface area contributed by atoms with Crippen molar-refractivity contribution in [2.45, 2.75) is 53.4 Å². The highest BCUT2D eigenvalue weighted by molar-refractivity contribution is 6.09. The molecule has 6 nitrogen and oxygen atoms in total. The number of carbonyl (C=O) groups is 2. The zero-order chi connectivity index (χ0) is 29.5. The van der Waals surface area contributed by atoms with Crippen LogP contribution in [0.3, 0.4) is 0 Å². The molecule has 6 heteroatoms. The van der Waals surface area contributed by atoms with Gasteiger partial charge in [-0.25, -0.2) is 0 Å². The minimum atomic E-state index is 0.131. The summed E-state index contributed by atoms with van der Waals surface area (Å²) in [5.74, 6) is 2.29. The summed E-state index contributed by atoms with van der Waals surface area (Å²) in [6.45, 7) is 12.5. The van der Waals surface area contributed by atoms with Crippen molar-refractivity contribution < 1.29 is 28.5 Å². The molecule has 0 bridgehead atoms. The van der Waals surface area contributed by atoms with Crippen LogP contribution in [-0.2, 0) is 0 Å². The summed E-state index contributed by atoms with van der Waals surface area (Å²) in [6.07, 6.45) is 1.66. The van der Waals surface area contributed by atoms with Crippen molar-refractivity contribution in [3.63, 3.8) is 0 Å². The van der Waals surface area contributed by atoms with Crippen molar-refractivity contribution in [3.05, 3.63) is 57.6 Å². The second kappa shape index (κ2) is 11.2. The highest BCUT2D eigenvalue weighted by Gasteiger charge is 2.26. The molecule has 4 aromatic rings. The molecule has 0 amide bonds. The normalized spacial score (nSPS) is 11.4.